The van der Waals surface area contributed by atoms with Crippen LogP contribution in [0.3, 0.4) is 0 Å². The molecule has 1 amide bonds. The first-order valence-electron chi connectivity index (χ1n) is 10.9. The minimum absolute atomic E-state index is 0.149. The van der Waals surface area contributed by atoms with Crippen molar-refractivity contribution in [2.24, 2.45) is 7.05 Å². The molecule has 0 aliphatic heterocycles. The summed E-state index contributed by atoms with van der Waals surface area (Å²) in [6, 6.07) is 10.0. The molecular weight excluding hydrogens is 502 g/mol. The summed E-state index contributed by atoms with van der Waals surface area (Å²) >= 11 is 8.95. The lowest BCUT2D eigenvalue weighted by atomic mass is 10.1. The summed E-state index contributed by atoms with van der Waals surface area (Å²) < 4.78 is 7.71. The zero-order valence-corrected chi connectivity index (χ0v) is 22.6. The maximum Gasteiger partial charge on any atom is 0.236 e. The zero-order chi connectivity index (χ0) is 25.1. The van der Waals surface area contributed by atoms with Crippen molar-refractivity contribution in [2.75, 3.05) is 11.1 Å². The molecule has 2 heterocycles. The summed E-state index contributed by atoms with van der Waals surface area (Å²) in [5, 5.41) is 15.2. The molecule has 0 saturated heterocycles. The van der Waals surface area contributed by atoms with E-state index in [1.54, 1.807) is 0 Å². The van der Waals surface area contributed by atoms with Crippen LogP contribution in [0.1, 0.15) is 28.1 Å². The second kappa shape index (κ2) is 10.8. The average Bonchev–Trinajstić information content (AvgIpc) is 3.43. The third kappa shape index (κ3) is 6.04. The summed E-state index contributed by atoms with van der Waals surface area (Å²) in [7, 11) is 1.86. The number of nitrogens with zero attached hydrogens (tertiary/aromatic N) is 4. The fourth-order valence-electron chi connectivity index (χ4n) is 3.38. The molecular formula is C25H26ClN5O2S2. The van der Waals surface area contributed by atoms with E-state index in [-0.39, 0.29) is 18.3 Å². The van der Waals surface area contributed by atoms with Gasteiger partial charge < -0.3 is 14.6 Å². The van der Waals surface area contributed by atoms with Crippen LogP contribution in [0.2, 0.25) is 5.02 Å². The van der Waals surface area contributed by atoms with E-state index in [4.69, 9.17) is 16.3 Å². The number of hydrogen-bond donors (Lipinski definition) is 1. The maximum atomic E-state index is 12.5. The SMILES string of the molecule is Cc1ccc(-c2csc(NC(=O)CSc3nnc(COc4cc(C)c(Cl)c(C)c4)n3C)n2)cc1C. The zero-order valence-electron chi connectivity index (χ0n) is 20.2. The Morgan fingerprint density at radius 3 is 2.54 bits per heavy atom. The van der Waals surface area contributed by atoms with Crippen LogP contribution in [0, 0.1) is 27.7 Å². The Balaban J connectivity index is 1.31. The highest BCUT2D eigenvalue weighted by Gasteiger charge is 2.14. The Hall–Kier alpha value is -2.88. The summed E-state index contributed by atoms with van der Waals surface area (Å²) in [6.07, 6.45) is 0. The van der Waals surface area contributed by atoms with Crippen LogP contribution < -0.4 is 10.1 Å². The average molecular weight is 528 g/mol. The van der Waals surface area contributed by atoms with Gasteiger partial charge in [0.1, 0.15) is 12.4 Å². The lowest BCUT2D eigenvalue weighted by molar-refractivity contribution is -0.113. The maximum absolute atomic E-state index is 12.5. The van der Waals surface area contributed by atoms with Crippen molar-refractivity contribution in [3.8, 4) is 17.0 Å². The number of thioether (sulfide) groups is 1. The Morgan fingerprint density at radius 1 is 1.09 bits per heavy atom. The van der Waals surface area contributed by atoms with Crippen molar-refractivity contribution >= 4 is 45.7 Å². The predicted molar refractivity (Wildman–Crippen MR) is 143 cm³/mol. The highest BCUT2D eigenvalue weighted by Crippen LogP contribution is 2.28. The molecule has 0 saturated carbocycles. The smallest absolute Gasteiger partial charge is 0.236 e. The van der Waals surface area contributed by atoms with Gasteiger partial charge in [-0.1, -0.05) is 35.5 Å². The third-order valence-corrected chi connectivity index (χ3v) is 7.96. The highest BCUT2D eigenvalue weighted by atomic mass is 35.5. The molecule has 0 bridgehead atoms. The van der Waals surface area contributed by atoms with Gasteiger partial charge in [0.15, 0.2) is 16.1 Å². The topological polar surface area (TPSA) is 81.9 Å². The number of aromatic nitrogens is 4. The van der Waals surface area contributed by atoms with Gasteiger partial charge in [-0.3, -0.25) is 4.79 Å². The van der Waals surface area contributed by atoms with Crippen molar-refractivity contribution in [1.82, 2.24) is 19.7 Å². The Labute approximate surface area is 217 Å². The van der Waals surface area contributed by atoms with Crippen LogP contribution >= 0.6 is 34.7 Å². The molecule has 0 aliphatic rings. The second-order valence-corrected chi connectivity index (χ2v) is 10.5. The van der Waals surface area contributed by atoms with Gasteiger partial charge in [0, 0.05) is 23.0 Å². The fourth-order valence-corrected chi connectivity index (χ4v) is 4.96. The molecule has 0 unspecified atom stereocenters. The molecule has 1 N–H and O–H groups in total. The molecule has 0 atom stereocenters. The van der Waals surface area contributed by atoms with Crippen molar-refractivity contribution in [1.29, 1.82) is 0 Å². The molecule has 182 valence electrons. The van der Waals surface area contributed by atoms with Crippen molar-refractivity contribution in [3.63, 3.8) is 0 Å². The van der Waals surface area contributed by atoms with Crippen LogP contribution in [0.5, 0.6) is 5.75 Å². The van der Waals surface area contributed by atoms with Crippen LogP contribution in [-0.2, 0) is 18.4 Å². The number of rotatable bonds is 8. The quantitative estimate of drug-likeness (QED) is 0.277. The van der Waals surface area contributed by atoms with Gasteiger partial charge in [-0.25, -0.2) is 4.98 Å². The third-order valence-electron chi connectivity index (χ3n) is 5.59. The minimum Gasteiger partial charge on any atom is -0.486 e. The Morgan fingerprint density at radius 2 is 1.83 bits per heavy atom. The first kappa shape index (κ1) is 25.2. The van der Waals surface area contributed by atoms with Gasteiger partial charge in [-0.15, -0.1) is 21.5 Å². The number of aryl methyl sites for hydroxylation is 4. The monoisotopic (exact) mass is 527 g/mol. The standard InChI is InChI=1S/C25H26ClN5O2S2/c1-14-6-7-18(8-15(14)2)20-12-34-24(27-20)28-22(32)13-35-25-30-29-21(31(25)5)11-33-19-9-16(3)23(26)17(4)10-19/h6-10,12H,11,13H2,1-5H3,(H,27,28,32). The van der Waals surface area contributed by atoms with Crippen molar-refractivity contribution in [2.45, 2.75) is 39.5 Å². The molecule has 4 aromatic rings. The van der Waals surface area contributed by atoms with Gasteiger partial charge in [0.05, 0.1) is 11.4 Å². The van der Waals surface area contributed by atoms with Crippen LogP contribution in [0.15, 0.2) is 40.9 Å². The van der Waals surface area contributed by atoms with E-state index in [0.29, 0.717) is 16.1 Å². The molecule has 0 radical (unpaired) electrons. The van der Waals surface area contributed by atoms with Gasteiger partial charge in [0.2, 0.25) is 5.91 Å². The number of amides is 1. The molecule has 2 aromatic carbocycles. The number of thiazole rings is 1. The van der Waals surface area contributed by atoms with Gasteiger partial charge in [0.25, 0.3) is 0 Å². The summed E-state index contributed by atoms with van der Waals surface area (Å²) in [4.78, 5) is 17.1. The van der Waals surface area contributed by atoms with E-state index in [2.05, 4.69) is 46.5 Å². The molecule has 0 aliphatic carbocycles. The predicted octanol–water partition coefficient (Wildman–Crippen LogP) is 6.14. The first-order chi connectivity index (χ1) is 16.7. The number of carbonyl (C=O) groups excluding carboxylic acids is 1. The largest absolute Gasteiger partial charge is 0.486 e. The Bertz CT molecular complexity index is 1360. The number of ether oxygens (including phenoxy) is 1. The van der Waals surface area contributed by atoms with Crippen LogP contribution in [0.25, 0.3) is 11.3 Å². The highest BCUT2D eigenvalue weighted by molar-refractivity contribution is 7.99. The van der Waals surface area contributed by atoms with E-state index < -0.39 is 0 Å². The van der Waals surface area contributed by atoms with Crippen molar-refractivity contribution in [3.05, 3.63) is 68.8 Å². The number of nitrogens with one attached hydrogen (secondary N) is 1. The van der Waals surface area contributed by atoms with Gasteiger partial charge in [-0.2, -0.15) is 0 Å². The minimum atomic E-state index is -0.149. The molecule has 2 aromatic heterocycles. The summed E-state index contributed by atoms with van der Waals surface area (Å²) in [6.45, 7) is 8.31. The van der Waals surface area contributed by atoms with E-state index in [9.17, 15) is 4.79 Å². The van der Waals surface area contributed by atoms with E-state index in [0.717, 1.165) is 33.2 Å². The van der Waals surface area contributed by atoms with E-state index >= 15 is 0 Å². The number of hydrogen-bond acceptors (Lipinski definition) is 7. The molecule has 0 fully saturated rings. The van der Waals surface area contributed by atoms with Gasteiger partial charge >= 0.3 is 0 Å². The number of carbonyl (C=O) groups is 1. The van der Waals surface area contributed by atoms with Crippen LogP contribution in [-0.4, -0.2) is 31.4 Å². The molecule has 35 heavy (non-hydrogen) atoms. The fraction of sp³-hybridized carbons (Fsp3) is 0.280. The number of anilines is 1. The second-order valence-electron chi connectivity index (χ2n) is 8.29. The Kier molecular flexibility index (Phi) is 7.78. The van der Waals surface area contributed by atoms with E-state index in [1.807, 2.05) is 49.0 Å². The summed E-state index contributed by atoms with van der Waals surface area (Å²) in [5.41, 5.74) is 6.26. The first-order valence-corrected chi connectivity index (χ1v) is 13.2. The molecule has 0 spiro atoms. The van der Waals surface area contributed by atoms with E-state index in [1.165, 1.54) is 34.2 Å². The molecule has 7 nitrogen and oxygen atoms in total. The number of benzene rings is 2. The normalized spacial score (nSPS) is 11.0. The molecule has 10 heteroatoms. The van der Waals surface area contributed by atoms with Gasteiger partial charge in [-0.05, 0) is 68.1 Å². The number of halogens is 1. The lowest BCUT2D eigenvalue weighted by Gasteiger charge is -2.10. The molecule has 4 rings (SSSR count). The summed E-state index contributed by atoms with van der Waals surface area (Å²) in [5.74, 6) is 1.44. The van der Waals surface area contributed by atoms with Crippen LogP contribution in [0.4, 0.5) is 5.13 Å². The van der Waals surface area contributed by atoms with Crippen molar-refractivity contribution < 1.29 is 9.53 Å². The lowest BCUT2D eigenvalue weighted by Crippen LogP contribution is -2.14.